The lowest BCUT2D eigenvalue weighted by Gasteiger charge is -2.14. The Morgan fingerprint density at radius 1 is 1.25 bits per heavy atom. The first-order chi connectivity index (χ1) is 7.79. The topological polar surface area (TPSA) is 38.5 Å². The molecule has 0 saturated heterocycles. The lowest BCUT2D eigenvalue weighted by molar-refractivity contribution is 0.103. The van der Waals surface area contributed by atoms with Crippen molar-refractivity contribution in [3.8, 4) is 0 Å². The van der Waals surface area contributed by atoms with Gasteiger partial charge in [-0.05, 0) is 29.7 Å². The summed E-state index contributed by atoms with van der Waals surface area (Å²) >= 11 is 0. The van der Waals surface area contributed by atoms with E-state index < -0.39 is 0 Å². The number of hydrogen-bond acceptors (Lipinski definition) is 3. The Kier molecular flexibility index (Phi) is 3.80. The average molecular weight is 220 g/mol. The summed E-state index contributed by atoms with van der Waals surface area (Å²) in [5, 5.41) is 0. The summed E-state index contributed by atoms with van der Waals surface area (Å²) in [6.07, 6.45) is 1.09. The van der Waals surface area contributed by atoms with Gasteiger partial charge in [-0.2, -0.15) is 0 Å². The number of nitrogens with zero attached hydrogens (tertiary/aromatic N) is 1. The van der Waals surface area contributed by atoms with Gasteiger partial charge >= 0.3 is 0 Å². The molecule has 0 amide bonds. The van der Waals surface area contributed by atoms with Crippen LogP contribution in [0.2, 0.25) is 0 Å². The van der Waals surface area contributed by atoms with Gasteiger partial charge in [0.15, 0.2) is 0 Å². The van der Waals surface area contributed by atoms with Crippen molar-refractivity contribution in [1.82, 2.24) is 4.90 Å². The van der Waals surface area contributed by atoms with Crippen LogP contribution in [0.4, 0.5) is 5.69 Å². The van der Waals surface area contributed by atoms with Crippen molar-refractivity contribution in [2.45, 2.75) is 26.4 Å². The number of hydrogen-bond donors (Lipinski definition) is 1. The second-order valence-electron chi connectivity index (χ2n) is 4.35. The maximum Gasteiger partial charge on any atom is 0.0593 e. The number of ether oxygens (including phenoxy) is 1. The molecule has 1 aromatic rings. The minimum Gasteiger partial charge on any atom is -0.399 e. The van der Waals surface area contributed by atoms with Crippen LogP contribution in [-0.2, 0) is 17.8 Å². The Balaban J connectivity index is 1.81. The molecule has 0 bridgehead atoms. The third kappa shape index (κ3) is 2.74. The van der Waals surface area contributed by atoms with Crippen molar-refractivity contribution in [1.29, 1.82) is 0 Å². The van der Waals surface area contributed by atoms with Crippen LogP contribution in [0.1, 0.15) is 24.5 Å². The van der Waals surface area contributed by atoms with E-state index in [0.717, 1.165) is 45.0 Å². The molecule has 0 radical (unpaired) electrons. The molecule has 3 heteroatoms. The molecule has 88 valence electrons. The van der Waals surface area contributed by atoms with Crippen molar-refractivity contribution in [3.05, 3.63) is 29.3 Å². The summed E-state index contributed by atoms with van der Waals surface area (Å²) in [6, 6.07) is 6.20. The maximum atomic E-state index is 5.77. The Morgan fingerprint density at radius 3 is 2.88 bits per heavy atom. The predicted molar refractivity (Wildman–Crippen MR) is 66.1 cm³/mol. The Hall–Kier alpha value is -1.06. The third-order valence-electron chi connectivity index (χ3n) is 2.92. The van der Waals surface area contributed by atoms with E-state index in [1.165, 1.54) is 11.1 Å². The summed E-state index contributed by atoms with van der Waals surface area (Å²) < 4.78 is 5.50. The molecular weight excluding hydrogens is 200 g/mol. The van der Waals surface area contributed by atoms with Gasteiger partial charge in [0.05, 0.1) is 6.61 Å². The van der Waals surface area contributed by atoms with Crippen molar-refractivity contribution in [3.63, 3.8) is 0 Å². The van der Waals surface area contributed by atoms with Crippen LogP contribution in [-0.4, -0.2) is 24.7 Å². The highest BCUT2D eigenvalue weighted by Gasteiger charge is 2.18. The van der Waals surface area contributed by atoms with E-state index in [4.69, 9.17) is 10.5 Å². The maximum absolute atomic E-state index is 5.77. The minimum absolute atomic E-state index is 0.831. The fraction of sp³-hybridized carbons (Fsp3) is 0.538. The molecule has 0 aliphatic carbocycles. The van der Waals surface area contributed by atoms with Gasteiger partial charge in [-0.25, -0.2) is 0 Å². The second kappa shape index (κ2) is 5.32. The highest BCUT2D eigenvalue weighted by molar-refractivity contribution is 5.46. The van der Waals surface area contributed by atoms with E-state index in [9.17, 15) is 0 Å². The van der Waals surface area contributed by atoms with Crippen molar-refractivity contribution in [2.24, 2.45) is 0 Å². The summed E-state index contributed by atoms with van der Waals surface area (Å²) in [4.78, 5) is 2.40. The largest absolute Gasteiger partial charge is 0.399 e. The average Bonchev–Trinajstić information content (AvgIpc) is 2.66. The molecule has 0 atom stereocenters. The predicted octanol–water partition coefficient (Wildman–Crippen LogP) is 2.01. The van der Waals surface area contributed by atoms with Crippen molar-refractivity contribution >= 4 is 5.69 Å². The zero-order valence-electron chi connectivity index (χ0n) is 9.91. The Morgan fingerprint density at radius 2 is 2.06 bits per heavy atom. The van der Waals surface area contributed by atoms with Gasteiger partial charge in [0, 0.05) is 31.9 Å². The van der Waals surface area contributed by atoms with E-state index in [2.05, 4.69) is 24.0 Å². The fourth-order valence-corrected chi connectivity index (χ4v) is 2.08. The Labute approximate surface area is 97.2 Å². The monoisotopic (exact) mass is 220 g/mol. The number of anilines is 1. The summed E-state index contributed by atoms with van der Waals surface area (Å²) in [5.41, 5.74) is 9.41. The van der Waals surface area contributed by atoms with Crippen LogP contribution in [0.5, 0.6) is 0 Å². The summed E-state index contributed by atoms with van der Waals surface area (Å²) in [5.74, 6) is 0. The van der Waals surface area contributed by atoms with E-state index >= 15 is 0 Å². The van der Waals surface area contributed by atoms with Crippen LogP contribution < -0.4 is 5.73 Å². The zero-order valence-corrected chi connectivity index (χ0v) is 9.91. The van der Waals surface area contributed by atoms with Gasteiger partial charge in [0.2, 0.25) is 0 Å². The first-order valence-electron chi connectivity index (χ1n) is 5.97. The molecule has 1 aliphatic heterocycles. The molecule has 2 N–H and O–H groups in total. The van der Waals surface area contributed by atoms with Crippen molar-refractivity contribution < 1.29 is 4.74 Å². The first kappa shape index (κ1) is 11.4. The van der Waals surface area contributed by atoms with Gasteiger partial charge in [-0.3, -0.25) is 4.90 Å². The van der Waals surface area contributed by atoms with Gasteiger partial charge in [0.1, 0.15) is 0 Å². The van der Waals surface area contributed by atoms with Crippen LogP contribution >= 0.6 is 0 Å². The van der Waals surface area contributed by atoms with Gasteiger partial charge < -0.3 is 10.5 Å². The molecular formula is C13H20N2O. The summed E-state index contributed by atoms with van der Waals surface area (Å²) in [7, 11) is 0. The summed E-state index contributed by atoms with van der Waals surface area (Å²) in [6.45, 7) is 6.88. The molecule has 0 aromatic heterocycles. The molecule has 16 heavy (non-hydrogen) atoms. The molecule has 0 unspecified atom stereocenters. The van der Waals surface area contributed by atoms with E-state index in [1.54, 1.807) is 0 Å². The molecule has 0 spiro atoms. The first-order valence-corrected chi connectivity index (χ1v) is 5.97. The quantitative estimate of drug-likeness (QED) is 0.609. The number of fused-ring (bicyclic) bond motifs is 1. The number of rotatable bonds is 5. The second-order valence-corrected chi connectivity index (χ2v) is 4.35. The molecule has 1 heterocycles. The third-order valence-corrected chi connectivity index (χ3v) is 2.92. The van der Waals surface area contributed by atoms with E-state index in [1.807, 2.05) is 6.07 Å². The highest BCUT2D eigenvalue weighted by Crippen LogP contribution is 2.24. The standard InChI is InChI=1S/C13H20N2O/c1-2-6-16-7-5-15-9-11-3-4-13(14)8-12(11)10-15/h3-4,8H,2,5-7,9-10,14H2,1H3. The van der Waals surface area contributed by atoms with Crippen LogP contribution in [0.15, 0.2) is 18.2 Å². The molecule has 2 rings (SSSR count). The number of nitrogen functional groups attached to an aromatic ring is 1. The Bertz CT molecular complexity index is 352. The van der Waals surface area contributed by atoms with Crippen LogP contribution in [0.25, 0.3) is 0 Å². The lowest BCUT2D eigenvalue weighted by atomic mass is 10.1. The van der Waals surface area contributed by atoms with Crippen LogP contribution in [0.3, 0.4) is 0 Å². The van der Waals surface area contributed by atoms with E-state index in [-0.39, 0.29) is 0 Å². The van der Waals surface area contributed by atoms with Crippen LogP contribution in [0, 0.1) is 0 Å². The lowest BCUT2D eigenvalue weighted by Crippen LogP contribution is -2.21. The molecule has 3 nitrogen and oxygen atoms in total. The fourth-order valence-electron chi connectivity index (χ4n) is 2.08. The normalized spacial score (nSPS) is 15.3. The molecule has 1 aromatic carbocycles. The van der Waals surface area contributed by atoms with E-state index in [0.29, 0.717) is 0 Å². The zero-order chi connectivity index (χ0) is 11.4. The number of nitrogens with two attached hydrogens (primary N) is 1. The molecule has 1 aliphatic rings. The molecule has 0 fully saturated rings. The smallest absolute Gasteiger partial charge is 0.0593 e. The number of benzene rings is 1. The van der Waals surface area contributed by atoms with Gasteiger partial charge in [-0.1, -0.05) is 13.0 Å². The SMILES string of the molecule is CCCOCCN1Cc2ccc(N)cc2C1. The van der Waals surface area contributed by atoms with Gasteiger partial charge in [-0.15, -0.1) is 0 Å². The van der Waals surface area contributed by atoms with Crippen molar-refractivity contribution in [2.75, 3.05) is 25.5 Å². The molecule has 0 saturated carbocycles. The minimum atomic E-state index is 0.831. The highest BCUT2D eigenvalue weighted by atomic mass is 16.5. The van der Waals surface area contributed by atoms with Gasteiger partial charge in [0.25, 0.3) is 0 Å².